The summed E-state index contributed by atoms with van der Waals surface area (Å²) in [6.07, 6.45) is 2.60. The summed E-state index contributed by atoms with van der Waals surface area (Å²) in [5.41, 5.74) is 3.58. The maximum Gasteiger partial charge on any atom is 0.273 e. The Bertz CT molecular complexity index is 1090. The zero-order valence-electron chi connectivity index (χ0n) is 18.3. The van der Waals surface area contributed by atoms with Crippen LogP contribution in [0, 0.1) is 0 Å². The Labute approximate surface area is 187 Å². The van der Waals surface area contributed by atoms with E-state index in [0.717, 1.165) is 17.5 Å². The summed E-state index contributed by atoms with van der Waals surface area (Å²) in [5.74, 6) is 0.843. The zero-order valence-corrected chi connectivity index (χ0v) is 18.3. The van der Waals surface area contributed by atoms with Crippen LogP contribution in [0.15, 0.2) is 59.2 Å². The number of fused-ring (bicyclic) bond motifs is 1. The van der Waals surface area contributed by atoms with Gasteiger partial charge in [0.25, 0.3) is 5.91 Å². The summed E-state index contributed by atoms with van der Waals surface area (Å²) in [6, 6.07) is 15.9. The molecule has 0 radical (unpaired) electrons. The Morgan fingerprint density at radius 1 is 1.19 bits per heavy atom. The van der Waals surface area contributed by atoms with Gasteiger partial charge >= 0.3 is 0 Å². The summed E-state index contributed by atoms with van der Waals surface area (Å²) >= 11 is 0. The molecule has 1 atom stereocenters. The van der Waals surface area contributed by atoms with Gasteiger partial charge in [-0.25, -0.2) is 4.98 Å². The number of hydrogen-bond donors (Lipinski definition) is 1. The van der Waals surface area contributed by atoms with Gasteiger partial charge < -0.3 is 19.4 Å². The van der Waals surface area contributed by atoms with Gasteiger partial charge in [-0.3, -0.25) is 9.59 Å². The van der Waals surface area contributed by atoms with Crippen LogP contribution in [0.3, 0.4) is 0 Å². The molecule has 0 spiro atoms. The first-order chi connectivity index (χ1) is 15.6. The molecule has 0 fully saturated rings. The molecule has 7 nitrogen and oxygen atoms in total. The number of carbonyl (C=O) groups excluding carboxylic acids is 2. The van der Waals surface area contributed by atoms with E-state index in [0.29, 0.717) is 31.2 Å². The molecule has 1 unspecified atom stereocenters. The van der Waals surface area contributed by atoms with Crippen LogP contribution in [0.5, 0.6) is 5.75 Å². The van der Waals surface area contributed by atoms with Crippen molar-refractivity contribution in [1.29, 1.82) is 0 Å². The van der Waals surface area contributed by atoms with Crippen molar-refractivity contribution < 1.29 is 18.7 Å². The lowest BCUT2D eigenvalue weighted by atomic mass is 9.87. The second-order valence-corrected chi connectivity index (χ2v) is 7.64. The number of rotatable bonds is 7. The molecule has 7 heteroatoms. The van der Waals surface area contributed by atoms with Gasteiger partial charge in [0.2, 0.25) is 11.8 Å². The third kappa shape index (κ3) is 4.51. The predicted molar refractivity (Wildman–Crippen MR) is 119 cm³/mol. The minimum atomic E-state index is -0.275. The highest BCUT2D eigenvalue weighted by molar-refractivity contribution is 5.91. The van der Waals surface area contributed by atoms with Gasteiger partial charge in [-0.15, -0.1) is 0 Å². The van der Waals surface area contributed by atoms with Crippen LogP contribution in [-0.4, -0.2) is 34.8 Å². The molecule has 3 aromatic rings. The Balaban J connectivity index is 1.57. The fourth-order valence-electron chi connectivity index (χ4n) is 4.03. The minimum absolute atomic E-state index is 0.103. The predicted octanol–water partition coefficient (Wildman–Crippen LogP) is 3.89. The van der Waals surface area contributed by atoms with Gasteiger partial charge in [0.05, 0.1) is 6.04 Å². The number of hydrogen-bond acceptors (Lipinski definition) is 5. The smallest absolute Gasteiger partial charge is 0.273 e. The molecule has 1 N–H and O–H groups in total. The van der Waals surface area contributed by atoms with Crippen LogP contribution in [-0.2, 0) is 17.8 Å². The lowest BCUT2D eigenvalue weighted by Gasteiger charge is -2.38. The van der Waals surface area contributed by atoms with Gasteiger partial charge in [0.15, 0.2) is 12.3 Å². The lowest BCUT2D eigenvalue weighted by Crippen LogP contribution is -2.40. The number of amides is 2. The highest BCUT2D eigenvalue weighted by Crippen LogP contribution is 2.37. The molecular weight excluding hydrogens is 406 g/mol. The summed E-state index contributed by atoms with van der Waals surface area (Å²) in [6.45, 7) is 5.05. The topological polar surface area (TPSA) is 84.7 Å². The number of ether oxygens (including phenoxy) is 1. The maximum atomic E-state index is 12.7. The number of aromatic nitrogens is 1. The zero-order chi connectivity index (χ0) is 22.5. The van der Waals surface area contributed by atoms with Crippen LogP contribution in [0.1, 0.15) is 59.4 Å². The van der Waals surface area contributed by atoms with Crippen LogP contribution in [0.25, 0.3) is 0 Å². The van der Waals surface area contributed by atoms with Gasteiger partial charge in [0, 0.05) is 19.5 Å². The molecule has 1 aromatic heterocycles. The lowest BCUT2D eigenvalue weighted by molar-refractivity contribution is -0.132. The van der Waals surface area contributed by atoms with Crippen molar-refractivity contribution >= 4 is 11.8 Å². The Hall–Kier alpha value is -3.61. The Morgan fingerprint density at radius 2 is 2.00 bits per heavy atom. The molecule has 166 valence electrons. The average molecular weight is 434 g/mol. The highest BCUT2D eigenvalue weighted by atomic mass is 16.5. The van der Waals surface area contributed by atoms with E-state index in [1.165, 1.54) is 11.8 Å². The molecule has 0 saturated heterocycles. The van der Waals surface area contributed by atoms with Gasteiger partial charge in [-0.05, 0) is 42.2 Å². The molecule has 2 amide bonds. The van der Waals surface area contributed by atoms with E-state index in [2.05, 4.69) is 28.5 Å². The van der Waals surface area contributed by atoms with Gasteiger partial charge in [-0.2, -0.15) is 0 Å². The van der Waals surface area contributed by atoms with Crippen molar-refractivity contribution in [3.63, 3.8) is 0 Å². The van der Waals surface area contributed by atoms with Crippen molar-refractivity contribution in [1.82, 2.24) is 15.2 Å². The number of nitrogens with zero attached hydrogens (tertiary/aromatic N) is 2. The van der Waals surface area contributed by atoms with E-state index in [9.17, 15) is 9.59 Å². The van der Waals surface area contributed by atoms with E-state index < -0.39 is 0 Å². The maximum absolute atomic E-state index is 12.7. The molecule has 32 heavy (non-hydrogen) atoms. The van der Waals surface area contributed by atoms with Gasteiger partial charge in [-0.1, -0.05) is 43.3 Å². The molecule has 1 aliphatic rings. The fraction of sp³-hybridized carbons (Fsp3) is 0.320. The first kappa shape index (κ1) is 21.6. The summed E-state index contributed by atoms with van der Waals surface area (Å²) in [4.78, 5) is 30.7. The molecule has 0 aliphatic carbocycles. The monoisotopic (exact) mass is 433 g/mol. The van der Waals surface area contributed by atoms with Crippen LogP contribution in [0.2, 0.25) is 0 Å². The first-order valence-corrected chi connectivity index (χ1v) is 10.9. The fourth-order valence-corrected chi connectivity index (χ4v) is 4.03. The van der Waals surface area contributed by atoms with Crippen molar-refractivity contribution in [3.8, 4) is 5.75 Å². The Kier molecular flexibility index (Phi) is 6.54. The van der Waals surface area contributed by atoms with E-state index in [4.69, 9.17) is 9.15 Å². The van der Waals surface area contributed by atoms with Crippen molar-refractivity contribution in [3.05, 3.63) is 83.1 Å². The van der Waals surface area contributed by atoms with Crippen LogP contribution < -0.4 is 10.1 Å². The number of oxazole rings is 1. The van der Waals surface area contributed by atoms with Crippen molar-refractivity contribution in [2.75, 3.05) is 13.1 Å². The Morgan fingerprint density at radius 3 is 2.75 bits per heavy atom. The molecule has 4 rings (SSSR count). The van der Waals surface area contributed by atoms with E-state index in [1.807, 2.05) is 49.1 Å². The molecule has 2 heterocycles. The van der Waals surface area contributed by atoms with Crippen molar-refractivity contribution in [2.45, 2.75) is 39.3 Å². The normalized spacial score (nSPS) is 15.2. The average Bonchev–Trinajstić information content (AvgIpc) is 3.31. The number of carbonyl (C=O) groups is 2. The van der Waals surface area contributed by atoms with E-state index >= 15 is 0 Å². The molecule has 1 aliphatic heterocycles. The van der Waals surface area contributed by atoms with Crippen LogP contribution in [0.4, 0.5) is 0 Å². The van der Waals surface area contributed by atoms with Crippen molar-refractivity contribution in [2.24, 2.45) is 0 Å². The quantitative estimate of drug-likeness (QED) is 0.611. The molecule has 0 saturated carbocycles. The number of benzene rings is 2. The third-order valence-corrected chi connectivity index (χ3v) is 5.57. The second kappa shape index (κ2) is 9.68. The standard InChI is InChI=1S/C25H27N3O4/c1-3-23(29)28-13-12-17-10-11-19(14-20(17)24(28)18-8-6-5-7-9-18)31-16-22-27-21(15-32-22)25(30)26-4-2/h5-11,14-15,24H,3-4,12-13,16H2,1-2H3,(H,26,30). The summed E-state index contributed by atoms with van der Waals surface area (Å²) in [5, 5.41) is 2.69. The molecular formula is C25H27N3O4. The second-order valence-electron chi connectivity index (χ2n) is 7.64. The summed E-state index contributed by atoms with van der Waals surface area (Å²) < 4.78 is 11.3. The number of nitrogens with one attached hydrogen (secondary N) is 1. The SMILES string of the molecule is CCNC(=O)c1coc(COc2ccc3c(c2)C(c2ccccc2)N(C(=O)CC)CC3)n1. The first-order valence-electron chi connectivity index (χ1n) is 10.9. The van der Waals surface area contributed by atoms with Gasteiger partial charge in [0.1, 0.15) is 12.0 Å². The minimum Gasteiger partial charge on any atom is -0.484 e. The third-order valence-electron chi connectivity index (χ3n) is 5.57. The van der Waals surface area contributed by atoms with Crippen LogP contribution >= 0.6 is 0 Å². The largest absolute Gasteiger partial charge is 0.484 e. The van der Waals surface area contributed by atoms with E-state index in [-0.39, 0.29) is 30.2 Å². The van der Waals surface area contributed by atoms with E-state index in [1.54, 1.807) is 0 Å². The highest BCUT2D eigenvalue weighted by Gasteiger charge is 2.31. The molecule has 2 aromatic carbocycles. The molecule has 0 bridgehead atoms. The summed E-state index contributed by atoms with van der Waals surface area (Å²) in [7, 11) is 0.